The molecule has 2 unspecified atom stereocenters. The van der Waals surface area contributed by atoms with Crippen LogP contribution in [0, 0.1) is 17.2 Å². The molecule has 0 aliphatic heterocycles. The van der Waals surface area contributed by atoms with Gasteiger partial charge in [0.2, 0.25) is 10.0 Å². The van der Waals surface area contributed by atoms with E-state index in [1.165, 1.54) is 0 Å². The van der Waals surface area contributed by atoms with Gasteiger partial charge in [0.25, 0.3) is 0 Å². The first-order valence-corrected chi connectivity index (χ1v) is 7.83. The molecule has 0 aromatic rings. The molecule has 0 bridgehead atoms. The number of nitriles is 1. The minimum absolute atomic E-state index is 0.146. The van der Waals surface area contributed by atoms with Crippen molar-refractivity contribution in [2.45, 2.75) is 44.9 Å². The maximum atomic E-state index is 12.0. The van der Waals surface area contributed by atoms with E-state index >= 15 is 0 Å². The fourth-order valence-corrected chi connectivity index (χ4v) is 3.24. The predicted octanol–water partition coefficient (Wildman–Crippen LogP) is 1.18. The Bertz CT molecular complexity index is 361. The van der Waals surface area contributed by atoms with Crippen LogP contribution in [0.15, 0.2) is 0 Å². The molecule has 5 nitrogen and oxygen atoms in total. The highest BCUT2D eigenvalue weighted by atomic mass is 32.2. The van der Waals surface area contributed by atoms with Gasteiger partial charge in [0.15, 0.2) is 5.25 Å². The van der Waals surface area contributed by atoms with E-state index in [2.05, 4.69) is 18.6 Å². The van der Waals surface area contributed by atoms with Gasteiger partial charge < -0.3 is 4.90 Å². The Labute approximate surface area is 111 Å². The second kappa shape index (κ2) is 7.72. The molecule has 0 radical (unpaired) electrons. The Morgan fingerprint density at radius 2 is 1.89 bits per heavy atom. The minimum Gasteiger partial charge on any atom is -0.308 e. The molecule has 0 aromatic carbocycles. The molecule has 2 atom stereocenters. The van der Waals surface area contributed by atoms with Crippen molar-refractivity contribution >= 4 is 10.0 Å². The SMILES string of the molecule is CCC(C#N)S(=O)(=O)NC(CC(C)C)CN(C)C. The van der Waals surface area contributed by atoms with Gasteiger partial charge in [-0.25, -0.2) is 13.1 Å². The third-order valence-corrected chi connectivity index (χ3v) is 4.41. The molecule has 0 aliphatic rings. The zero-order valence-corrected chi connectivity index (χ0v) is 12.8. The van der Waals surface area contributed by atoms with Crippen LogP contribution in [0.5, 0.6) is 0 Å². The number of hydrogen-bond acceptors (Lipinski definition) is 4. The van der Waals surface area contributed by atoms with Crippen LogP contribution in [0.3, 0.4) is 0 Å². The van der Waals surface area contributed by atoms with Gasteiger partial charge in [-0.2, -0.15) is 5.26 Å². The van der Waals surface area contributed by atoms with Crippen LogP contribution < -0.4 is 4.72 Å². The van der Waals surface area contributed by atoms with Crippen LogP contribution in [-0.2, 0) is 10.0 Å². The maximum Gasteiger partial charge on any atom is 0.228 e. The van der Waals surface area contributed by atoms with Gasteiger partial charge in [-0.1, -0.05) is 20.8 Å². The van der Waals surface area contributed by atoms with E-state index in [4.69, 9.17) is 5.26 Å². The monoisotopic (exact) mass is 275 g/mol. The Kier molecular flexibility index (Phi) is 7.45. The van der Waals surface area contributed by atoms with Gasteiger partial charge in [0.05, 0.1) is 6.07 Å². The third-order valence-electron chi connectivity index (χ3n) is 2.56. The zero-order chi connectivity index (χ0) is 14.3. The van der Waals surface area contributed by atoms with E-state index < -0.39 is 15.3 Å². The first kappa shape index (κ1) is 17.4. The van der Waals surface area contributed by atoms with Crippen LogP contribution in [0.25, 0.3) is 0 Å². The largest absolute Gasteiger partial charge is 0.308 e. The van der Waals surface area contributed by atoms with E-state index in [9.17, 15) is 8.42 Å². The van der Waals surface area contributed by atoms with Crippen LogP contribution >= 0.6 is 0 Å². The highest BCUT2D eigenvalue weighted by Gasteiger charge is 2.27. The summed E-state index contributed by atoms with van der Waals surface area (Å²) in [5.74, 6) is 0.403. The molecule has 0 saturated heterocycles. The second-order valence-corrected chi connectivity index (χ2v) is 7.17. The van der Waals surface area contributed by atoms with Crippen molar-refractivity contribution in [2.24, 2.45) is 5.92 Å². The summed E-state index contributed by atoms with van der Waals surface area (Å²) in [5.41, 5.74) is 0. The van der Waals surface area contributed by atoms with E-state index in [0.29, 0.717) is 18.9 Å². The van der Waals surface area contributed by atoms with Crippen molar-refractivity contribution in [1.82, 2.24) is 9.62 Å². The van der Waals surface area contributed by atoms with Gasteiger partial charge in [0, 0.05) is 12.6 Å². The third kappa shape index (κ3) is 6.34. The summed E-state index contributed by atoms with van der Waals surface area (Å²) in [6.07, 6.45) is 1.07. The normalized spacial score (nSPS) is 15.7. The Morgan fingerprint density at radius 3 is 2.22 bits per heavy atom. The summed E-state index contributed by atoms with van der Waals surface area (Å²) in [6, 6.07) is 1.69. The van der Waals surface area contributed by atoms with Crippen molar-refractivity contribution in [1.29, 1.82) is 5.26 Å². The Balaban J connectivity index is 4.80. The van der Waals surface area contributed by atoms with Gasteiger partial charge in [-0.05, 0) is 32.9 Å². The first-order chi connectivity index (χ1) is 8.22. The number of nitrogens with one attached hydrogen (secondary N) is 1. The molecule has 1 N–H and O–H groups in total. The van der Waals surface area contributed by atoms with Gasteiger partial charge >= 0.3 is 0 Å². The number of hydrogen-bond donors (Lipinski definition) is 1. The standard InChI is InChI=1S/C12H25N3O2S/c1-6-12(8-13)18(16,17)14-11(7-10(2)3)9-15(4)5/h10-12,14H,6-7,9H2,1-5H3. The van der Waals surface area contributed by atoms with Crippen molar-refractivity contribution < 1.29 is 8.42 Å². The molecule has 0 fully saturated rings. The lowest BCUT2D eigenvalue weighted by Crippen LogP contribution is -2.45. The summed E-state index contributed by atoms with van der Waals surface area (Å²) < 4.78 is 26.7. The molecule has 0 spiro atoms. The summed E-state index contributed by atoms with van der Waals surface area (Å²) in [4.78, 5) is 1.95. The average Bonchev–Trinajstić information content (AvgIpc) is 2.15. The van der Waals surface area contributed by atoms with Crippen molar-refractivity contribution in [2.75, 3.05) is 20.6 Å². The molecule has 0 rings (SSSR count). The molecule has 0 heterocycles. The molecule has 106 valence electrons. The van der Waals surface area contributed by atoms with Gasteiger partial charge in [-0.15, -0.1) is 0 Å². The van der Waals surface area contributed by atoms with E-state index in [0.717, 1.165) is 6.42 Å². The minimum atomic E-state index is -3.55. The predicted molar refractivity (Wildman–Crippen MR) is 73.5 cm³/mol. The summed E-state index contributed by atoms with van der Waals surface area (Å²) in [5, 5.41) is 7.90. The van der Waals surface area contributed by atoms with Crippen LogP contribution in [0.4, 0.5) is 0 Å². The number of sulfonamides is 1. The average molecular weight is 275 g/mol. The number of likely N-dealkylation sites (N-methyl/N-ethyl adjacent to an activating group) is 1. The zero-order valence-electron chi connectivity index (χ0n) is 12.0. The smallest absolute Gasteiger partial charge is 0.228 e. The second-order valence-electron chi connectivity index (χ2n) is 5.28. The summed E-state index contributed by atoms with van der Waals surface area (Å²) in [6.45, 7) is 6.45. The van der Waals surface area contributed by atoms with Gasteiger partial charge in [0.1, 0.15) is 0 Å². The molecule has 0 aliphatic carbocycles. The molecule has 0 aromatic heterocycles. The fourth-order valence-electron chi connectivity index (χ4n) is 1.86. The van der Waals surface area contributed by atoms with E-state index in [-0.39, 0.29) is 6.04 Å². The molecular formula is C12H25N3O2S. The highest BCUT2D eigenvalue weighted by molar-refractivity contribution is 7.90. The first-order valence-electron chi connectivity index (χ1n) is 6.28. The van der Waals surface area contributed by atoms with Crippen LogP contribution in [0.2, 0.25) is 0 Å². The lowest BCUT2D eigenvalue weighted by Gasteiger charge is -2.24. The van der Waals surface area contributed by atoms with Crippen LogP contribution in [-0.4, -0.2) is 45.2 Å². The Morgan fingerprint density at radius 1 is 1.33 bits per heavy atom. The molecular weight excluding hydrogens is 250 g/mol. The van der Waals surface area contributed by atoms with Crippen molar-refractivity contribution in [3.63, 3.8) is 0 Å². The number of nitrogens with zero attached hydrogens (tertiary/aromatic N) is 2. The van der Waals surface area contributed by atoms with Crippen LogP contribution in [0.1, 0.15) is 33.6 Å². The fraction of sp³-hybridized carbons (Fsp3) is 0.917. The molecule has 6 heteroatoms. The van der Waals surface area contributed by atoms with E-state index in [1.54, 1.807) is 6.92 Å². The quantitative estimate of drug-likeness (QED) is 0.722. The molecule has 18 heavy (non-hydrogen) atoms. The van der Waals surface area contributed by atoms with Crippen molar-refractivity contribution in [3.05, 3.63) is 0 Å². The summed E-state index contributed by atoms with van der Waals surface area (Å²) in [7, 11) is 0.261. The highest BCUT2D eigenvalue weighted by Crippen LogP contribution is 2.10. The lowest BCUT2D eigenvalue weighted by atomic mass is 10.0. The molecule has 0 saturated carbocycles. The van der Waals surface area contributed by atoms with Gasteiger partial charge in [-0.3, -0.25) is 0 Å². The number of rotatable bonds is 8. The lowest BCUT2D eigenvalue weighted by molar-refractivity contribution is 0.329. The maximum absolute atomic E-state index is 12.0. The summed E-state index contributed by atoms with van der Waals surface area (Å²) >= 11 is 0. The van der Waals surface area contributed by atoms with E-state index in [1.807, 2.05) is 25.1 Å². The Hall–Kier alpha value is -0.640. The molecule has 0 amide bonds. The topological polar surface area (TPSA) is 73.2 Å². The van der Waals surface area contributed by atoms with Crippen molar-refractivity contribution in [3.8, 4) is 6.07 Å².